The largest absolute Gasteiger partial charge is 0.496 e. The van der Waals surface area contributed by atoms with Gasteiger partial charge in [0.2, 0.25) is 0 Å². The van der Waals surface area contributed by atoms with E-state index < -0.39 is 0 Å². The third-order valence-electron chi connectivity index (χ3n) is 4.76. The van der Waals surface area contributed by atoms with E-state index in [2.05, 4.69) is 25.5 Å². The van der Waals surface area contributed by atoms with E-state index in [1.165, 1.54) is 11.8 Å². The van der Waals surface area contributed by atoms with Crippen LogP contribution in [0.2, 0.25) is 0 Å². The van der Waals surface area contributed by atoms with Gasteiger partial charge in [-0.05, 0) is 42.8 Å². The Kier molecular flexibility index (Phi) is 6.28. The lowest BCUT2D eigenvalue weighted by molar-refractivity contribution is 0.0956. The molecular formula is C23H21N5O2S. The molecule has 8 heteroatoms. The van der Waals surface area contributed by atoms with Gasteiger partial charge in [0.05, 0.1) is 18.4 Å². The summed E-state index contributed by atoms with van der Waals surface area (Å²) in [6.45, 7) is 1.86. The number of hydrazone groups is 1. The van der Waals surface area contributed by atoms with Crippen molar-refractivity contribution in [2.24, 2.45) is 5.10 Å². The maximum atomic E-state index is 12.6. The SMILES string of the molecule is COc1ccc(C(C)=NNC(=O)c2c[nH]c3ccccc23)cc1CSc1ncccn1. The highest BCUT2D eigenvalue weighted by molar-refractivity contribution is 7.98. The minimum atomic E-state index is -0.262. The fourth-order valence-corrected chi connectivity index (χ4v) is 3.92. The molecule has 0 aliphatic heterocycles. The van der Waals surface area contributed by atoms with Crippen LogP contribution in [0, 0.1) is 0 Å². The fourth-order valence-electron chi connectivity index (χ4n) is 3.14. The smallest absolute Gasteiger partial charge is 0.273 e. The minimum absolute atomic E-state index is 0.262. The first kappa shape index (κ1) is 20.6. The van der Waals surface area contributed by atoms with Crippen LogP contribution in [-0.4, -0.2) is 33.7 Å². The third-order valence-corrected chi connectivity index (χ3v) is 5.68. The monoisotopic (exact) mass is 431 g/mol. The standard InChI is InChI=1S/C23H21N5O2S/c1-15(27-28-22(29)19-13-26-20-7-4-3-6-18(19)20)16-8-9-21(30-2)17(12-16)14-31-23-24-10-5-11-25-23/h3-13,26H,14H2,1-2H3,(H,28,29). The van der Waals surface area contributed by atoms with Gasteiger partial charge < -0.3 is 9.72 Å². The lowest BCUT2D eigenvalue weighted by Gasteiger charge is -2.10. The fraction of sp³-hybridized carbons (Fsp3) is 0.130. The van der Waals surface area contributed by atoms with E-state index in [1.54, 1.807) is 31.8 Å². The van der Waals surface area contributed by atoms with Crippen molar-refractivity contribution in [3.63, 3.8) is 0 Å². The molecule has 0 atom stereocenters. The number of para-hydroxylation sites is 1. The Bertz CT molecular complexity index is 1240. The Hall–Kier alpha value is -3.65. The molecule has 31 heavy (non-hydrogen) atoms. The lowest BCUT2D eigenvalue weighted by Crippen LogP contribution is -2.19. The molecule has 0 saturated carbocycles. The van der Waals surface area contributed by atoms with Gasteiger partial charge in [0.1, 0.15) is 5.75 Å². The Morgan fingerprint density at radius 3 is 2.77 bits per heavy atom. The zero-order valence-electron chi connectivity index (χ0n) is 17.1. The van der Waals surface area contributed by atoms with Gasteiger partial charge >= 0.3 is 0 Å². The summed E-state index contributed by atoms with van der Waals surface area (Å²) in [6.07, 6.45) is 5.13. The number of nitrogens with one attached hydrogen (secondary N) is 2. The average molecular weight is 432 g/mol. The number of fused-ring (bicyclic) bond motifs is 1. The molecule has 7 nitrogen and oxygen atoms in total. The molecule has 0 bridgehead atoms. The second-order valence-electron chi connectivity index (χ2n) is 6.73. The van der Waals surface area contributed by atoms with Crippen molar-refractivity contribution in [2.45, 2.75) is 17.8 Å². The summed E-state index contributed by atoms with van der Waals surface area (Å²) >= 11 is 1.53. The minimum Gasteiger partial charge on any atom is -0.496 e. The van der Waals surface area contributed by atoms with Crippen LogP contribution >= 0.6 is 11.8 Å². The van der Waals surface area contributed by atoms with Crippen LogP contribution in [0.5, 0.6) is 5.75 Å². The highest BCUT2D eigenvalue weighted by atomic mass is 32.2. The number of rotatable bonds is 7. The van der Waals surface area contributed by atoms with E-state index in [0.717, 1.165) is 27.8 Å². The van der Waals surface area contributed by atoms with Gasteiger partial charge in [-0.1, -0.05) is 30.0 Å². The third kappa shape index (κ3) is 4.75. The van der Waals surface area contributed by atoms with Crippen molar-refractivity contribution < 1.29 is 9.53 Å². The first-order valence-electron chi connectivity index (χ1n) is 9.63. The predicted octanol–water partition coefficient (Wildman–Crippen LogP) is 4.41. The Morgan fingerprint density at radius 2 is 1.97 bits per heavy atom. The summed E-state index contributed by atoms with van der Waals surface area (Å²) in [6, 6.07) is 15.3. The number of H-pyrrole nitrogens is 1. The van der Waals surface area contributed by atoms with Gasteiger partial charge in [-0.2, -0.15) is 5.10 Å². The normalized spacial score (nSPS) is 11.5. The van der Waals surface area contributed by atoms with Gasteiger partial charge in [0.25, 0.3) is 5.91 Å². The van der Waals surface area contributed by atoms with Crippen molar-refractivity contribution in [2.75, 3.05) is 7.11 Å². The second kappa shape index (κ2) is 9.44. The molecule has 156 valence electrons. The van der Waals surface area contributed by atoms with Crippen molar-refractivity contribution in [3.05, 3.63) is 83.8 Å². The number of carbonyl (C=O) groups excluding carboxylic acids is 1. The number of methoxy groups -OCH3 is 1. The Balaban J connectivity index is 1.50. The van der Waals surface area contributed by atoms with Crippen LogP contribution in [0.1, 0.15) is 28.4 Å². The highest BCUT2D eigenvalue weighted by Gasteiger charge is 2.12. The maximum Gasteiger partial charge on any atom is 0.273 e. The molecule has 1 amide bonds. The number of benzene rings is 2. The molecule has 4 rings (SSSR count). The zero-order valence-corrected chi connectivity index (χ0v) is 17.9. The average Bonchev–Trinajstić information content (AvgIpc) is 3.26. The molecule has 2 aromatic heterocycles. The highest BCUT2D eigenvalue weighted by Crippen LogP contribution is 2.27. The molecular weight excluding hydrogens is 410 g/mol. The number of thioether (sulfide) groups is 1. The Labute approximate surface area is 184 Å². The van der Waals surface area contributed by atoms with E-state index in [0.29, 0.717) is 22.2 Å². The lowest BCUT2D eigenvalue weighted by atomic mass is 10.1. The van der Waals surface area contributed by atoms with Crippen LogP contribution in [0.4, 0.5) is 0 Å². The molecule has 0 aliphatic rings. The predicted molar refractivity (Wildman–Crippen MR) is 123 cm³/mol. The number of aromatic nitrogens is 3. The van der Waals surface area contributed by atoms with Crippen LogP contribution < -0.4 is 10.2 Å². The Morgan fingerprint density at radius 1 is 1.16 bits per heavy atom. The van der Waals surface area contributed by atoms with Crippen molar-refractivity contribution in [3.8, 4) is 5.75 Å². The summed E-state index contributed by atoms with van der Waals surface area (Å²) in [5.74, 6) is 1.17. The summed E-state index contributed by atoms with van der Waals surface area (Å²) < 4.78 is 5.49. The number of hydrogen-bond acceptors (Lipinski definition) is 6. The number of aromatic amines is 1. The summed E-state index contributed by atoms with van der Waals surface area (Å²) in [5.41, 5.74) is 6.70. The van der Waals surface area contributed by atoms with Crippen LogP contribution in [0.15, 0.2) is 77.4 Å². The number of amides is 1. The van der Waals surface area contributed by atoms with Crippen molar-refractivity contribution >= 4 is 34.3 Å². The summed E-state index contributed by atoms with van der Waals surface area (Å²) in [5, 5.41) is 5.86. The molecule has 2 N–H and O–H groups in total. The van der Waals surface area contributed by atoms with E-state index in [4.69, 9.17) is 4.74 Å². The van der Waals surface area contributed by atoms with Gasteiger partial charge in [0, 0.05) is 40.8 Å². The second-order valence-corrected chi connectivity index (χ2v) is 7.68. The quantitative estimate of drug-likeness (QED) is 0.196. The molecule has 4 aromatic rings. The van der Waals surface area contributed by atoms with E-state index >= 15 is 0 Å². The van der Waals surface area contributed by atoms with Gasteiger partial charge in [-0.3, -0.25) is 4.79 Å². The van der Waals surface area contributed by atoms with E-state index in [1.807, 2.05) is 49.4 Å². The molecule has 0 unspecified atom stereocenters. The number of ether oxygens (including phenoxy) is 1. The molecule has 2 heterocycles. The van der Waals surface area contributed by atoms with Crippen LogP contribution in [0.25, 0.3) is 10.9 Å². The van der Waals surface area contributed by atoms with Crippen molar-refractivity contribution in [1.82, 2.24) is 20.4 Å². The number of carbonyl (C=O) groups is 1. The first-order valence-corrected chi connectivity index (χ1v) is 10.6. The number of nitrogens with zero attached hydrogens (tertiary/aromatic N) is 3. The van der Waals surface area contributed by atoms with Crippen molar-refractivity contribution in [1.29, 1.82) is 0 Å². The van der Waals surface area contributed by atoms with Crippen LogP contribution in [0.3, 0.4) is 0 Å². The maximum absolute atomic E-state index is 12.6. The molecule has 2 aromatic carbocycles. The summed E-state index contributed by atoms with van der Waals surface area (Å²) in [7, 11) is 1.64. The topological polar surface area (TPSA) is 92.3 Å². The van der Waals surface area contributed by atoms with E-state index in [9.17, 15) is 4.79 Å². The van der Waals surface area contributed by atoms with Gasteiger partial charge in [0.15, 0.2) is 5.16 Å². The zero-order chi connectivity index (χ0) is 21.6. The molecule has 0 fully saturated rings. The summed E-state index contributed by atoms with van der Waals surface area (Å²) in [4.78, 5) is 24.2. The van der Waals surface area contributed by atoms with E-state index in [-0.39, 0.29) is 5.91 Å². The number of hydrogen-bond donors (Lipinski definition) is 2. The first-order chi connectivity index (χ1) is 15.2. The molecule has 0 aliphatic carbocycles. The van der Waals surface area contributed by atoms with Gasteiger partial charge in [-0.15, -0.1) is 0 Å². The van der Waals surface area contributed by atoms with Gasteiger partial charge in [-0.25, -0.2) is 15.4 Å². The molecule has 0 saturated heterocycles. The van der Waals surface area contributed by atoms with Crippen LogP contribution in [-0.2, 0) is 5.75 Å². The molecule has 0 spiro atoms. The molecule has 0 radical (unpaired) electrons.